The minimum atomic E-state index is -2.61. The van der Waals surface area contributed by atoms with Crippen molar-refractivity contribution < 1.29 is 8.78 Å². The topological polar surface area (TPSA) is 30.7 Å². The van der Waals surface area contributed by atoms with Gasteiger partial charge in [-0.2, -0.15) is 0 Å². The van der Waals surface area contributed by atoms with Crippen LogP contribution in [-0.4, -0.2) is 20.7 Å². The Morgan fingerprint density at radius 3 is 2.92 bits per heavy atom. The van der Waals surface area contributed by atoms with Crippen LogP contribution in [0, 0.1) is 0 Å². The lowest BCUT2D eigenvalue weighted by atomic mass is 10.1. The van der Waals surface area contributed by atoms with Crippen LogP contribution in [0.25, 0.3) is 0 Å². The van der Waals surface area contributed by atoms with Crippen molar-refractivity contribution in [1.29, 1.82) is 0 Å². The maximum absolute atomic E-state index is 12.8. The average Bonchev–Trinajstić information content (AvgIpc) is 2.30. The van der Waals surface area contributed by atoms with Crippen LogP contribution in [-0.2, 0) is 13.0 Å². The van der Waals surface area contributed by atoms with Gasteiger partial charge in [-0.15, -0.1) is 10.2 Å². The molecule has 0 atom stereocenters. The Bertz CT molecular complexity index is 310. The van der Waals surface area contributed by atoms with E-state index in [1.54, 1.807) is 4.57 Å². The van der Waals surface area contributed by atoms with Crippen LogP contribution in [0.5, 0.6) is 0 Å². The third-order valence-corrected chi connectivity index (χ3v) is 2.49. The molecule has 3 nitrogen and oxygen atoms in total. The summed E-state index contributed by atoms with van der Waals surface area (Å²) >= 11 is 3.13. The highest BCUT2D eigenvalue weighted by Crippen LogP contribution is 2.29. The summed E-state index contributed by atoms with van der Waals surface area (Å²) < 4.78 is 27.8. The summed E-state index contributed by atoms with van der Waals surface area (Å²) in [5, 5.41) is 7.30. The summed E-state index contributed by atoms with van der Waals surface area (Å²) in [6, 6.07) is 0. The lowest BCUT2D eigenvalue weighted by molar-refractivity contribution is -0.0240. The molecule has 0 saturated carbocycles. The molecular weight excluding hydrogens is 232 g/mol. The zero-order valence-corrected chi connectivity index (χ0v) is 7.68. The first-order chi connectivity index (χ1) is 5.58. The fraction of sp³-hybridized carbons (Fsp3) is 0.667. The van der Waals surface area contributed by atoms with Crippen LogP contribution in [0.1, 0.15) is 12.2 Å². The van der Waals surface area contributed by atoms with E-state index >= 15 is 0 Å². The summed E-state index contributed by atoms with van der Waals surface area (Å²) in [5.74, 6) is -2.25. The van der Waals surface area contributed by atoms with Crippen molar-refractivity contribution in [3.8, 4) is 0 Å². The van der Waals surface area contributed by atoms with Crippen LogP contribution >= 0.6 is 15.9 Å². The molecule has 66 valence electrons. The second-order valence-corrected chi connectivity index (χ2v) is 3.53. The van der Waals surface area contributed by atoms with E-state index < -0.39 is 5.92 Å². The van der Waals surface area contributed by atoms with Gasteiger partial charge in [0.25, 0.3) is 5.92 Å². The number of alkyl halides is 2. The summed E-state index contributed by atoms with van der Waals surface area (Å²) in [4.78, 5) is 0. The molecule has 12 heavy (non-hydrogen) atoms. The van der Waals surface area contributed by atoms with E-state index in [0.717, 1.165) is 0 Å². The molecule has 0 bridgehead atoms. The van der Waals surface area contributed by atoms with E-state index in [0.29, 0.717) is 10.6 Å². The predicted molar refractivity (Wildman–Crippen MR) is 41.0 cm³/mol. The number of aromatic nitrogens is 3. The first-order valence-corrected chi connectivity index (χ1v) is 4.33. The quantitative estimate of drug-likeness (QED) is 0.687. The number of fused-ring (bicyclic) bond motifs is 1. The third kappa shape index (κ3) is 1.24. The summed E-state index contributed by atoms with van der Waals surface area (Å²) in [7, 11) is 0. The number of hydrogen-bond acceptors (Lipinski definition) is 2. The third-order valence-electron chi connectivity index (χ3n) is 1.90. The molecule has 0 aliphatic carbocycles. The van der Waals surface area contributed by atoms with Crippen molar-refractivity contribution >= 4 is 15.9 Å². The average molecular weight is 238 g/mol. The first-order valence-electron chi connectivity index (χ1n) is 3.54. The van der Waals surface area contributed by atoms with Crippen molar-refractivity contribution in [2.45, 2.75) is 25.3 Å². The number of halogens is 3. The zero-order valence-electron chi connectivity index (χ0n) is 6.10. The van der Waals surface area contributed by atoms with E-state index in [1.807, 2.05) is 0 Å². The molecule has 1 aromatic heterocycles. The maximum atomic E-state index is 12.8. The van der Waals surface area contributed by atoms with Crippen molar-refractivity contribution in [2.24, 2.45) is 0 Å². The van der Waals surface area contributed by atoms with Crippen molar-refractivity contribution in [3.63, 3.8) is 0 Å². The minimum absolute atomic E-state index is 0.128. The normalized spacial score (nSPS) is 20.6. The molecule has 2 rings (SSSR count). The minimum Gasteiger partial charge on any atom is -0.305 e. The van der Waals surface area contributed by atoms with Gasteiger partial charge in [0.1, 0.15) is 5.82 Å². The molecule has 0 amide bonds. The highest BCUT2D eigenvalue weighted by molar-refractivity contribution is 9.10. The Morgan fingerprint density at radius 2 is 2.17 bits per heavy atom. The second-order valence-electron chi connectivity index (χ2n) is 2.82. The summed E-state index contributed by atoms with van der Waals surface area (Å²) in [6.45, 7) is 0.288. The Labute approximate surface area is 75.9 Å². The standard InChI is InChI=1S/C6H6BrF2N3/c7-5-11-10-4-3-6(8,9)1-2-12(4)5/h1-3H2. The Kier molecular flexibility index (Phi) is 1.67. The second kappa shape index (κ2) is 2.48. The highest BCUT2D eigenvalue weighted by Gasteiger charge is 2.36. The van der Waals surface area contributed by atoms with Gasteiger partial charge in [-0.25, -0.2) is 8.78 Å². The Balaban J connectivity index is 2.37. The van der Waals surface area contributed by atoms with Gasteiger partial charge in [0.05, 0.1) is 6.42 Å². The maximum Gasteiger partial charge on any atom is 0.256 e. The van der Waals surface area contributed by atoms with Gasteiger partial charge in [-0.3, -0.25) is 0 Å². The number of rotatable bonds is 0. The van der Waals surface area contributed by atoms with Gasteiger partial charge >= 0.3 is 0 Å². The van der Waals surface area contributed by atoms with Gasteiger partial charge in [-0.05, 0) is 15.9 Å². The number of nitrogens with zero attached hydrogens (tertiary/aromatic N) is 3. The monoisotopic (exact) mass is 237 g/mol. The van der Waals surface area contributed by atoms with Crippen LogP contribution < -0.4 is 0 Å². The molecule has 6 heteroatoms. The molecule has 0 spiro atoms. The van der Waals surface area contributed by atoms with Gasteiger partial charge < -0.3 is 4.57 Å². The lowest BCUT2D eigenvalue weighted by Crippen LogP contribution is -2.29. The molecule has 0 aromatic carbocycles. The van der Waals surface area contributed by atoms with E-state index in [2.05, 4.69) is 26.1 Å². The van der Waals surface area contributed by atoms with Crippen LogP contribution in [0.2, 0.25) is 0 Å². The van der Waals surface area contributed by atoms with E-state index in [-0.39, 0.29) is 19.4 Å². The molecule has 0 unspecified atom stereocenters. The fourth-order valence-electron chi connectivity index (χ4n) is 1.26. The van der Waals surface area contributed by atoms with Gasteiger partial charge in [0.15, 0.2) is 4.73 Å². The van der Waals surface area contributed by atoms with Gasteiger partial charge in [-0.1, -0.05) is 0 Å². The first kappa shape index (κ1) is 8.10. The highest BCUT2D eigenvalue weighted by atomic mass is 79.9. The van der Waals surface area contributed by atoms with Crippen LogP contribution in [0.15, 0.2) is 4.73 Å². The molecule has 0 N–H and O–H groups in total. The van der Waals surface area contributed by atoms with Crippen molar-refractivity contribution in [2.75, 3.05) is 0 Å². The van der Waals surface area contributed by atoms with Gasteiger partial charge in [0.2, 0.25) is 0 Å². The SMILES string of the molecule is FC1(F)CCn2c(Br)nnc2C1. The van der Waals surface area contributed by atoms with Crippen molar-refractivity contribution in [1.82, 2.24) is 14.8 Å². The smallest absolute Gasteiger partial charge is 0.256 e. The number of hydrogen-bond donors (Lipinski definition) is 0. The van der Waals surface area contributed by atoms with E-state index in [4.69, 9.17) is 0 Å². The Morgan fingerprint density at radius 1 is 1.42 bits per heavy atom. The zero-order chi connectivity index (χ0) is 8.77. The fourth-order valence-corrected chi connectivity index (χ4v) is 1.72. The molecule has 0 fully saturated rings. The predicted octanol–water partition coefficient (Wildman–Crippen LogP) is 1.62. The molecule has 1 aliphatic heterocycles. The molecule has 2 heterocycles. The summed E-state index contributed by atoms with van der Waals surface area (Å²) in [6.07, 6.45) is -0.428. The molecular formula is C6H6BrF2N3. The van der Waals surface area contributed by atoms with E-state index in [9.17, 15) is 8.78 Å². The Hall–Kier alpha value is -0.520. The molecule has 0 saturated heterocycles. The molecule has 1 aliphatic rings. The largest absolute Gasteiger partial charge is 0.305 e. The van der Waals surface area contributed by atoms with Crippen molar-refractivity contribution in [3.05, 3.63) is 10.6 Å². The lowest BCUT2D eigenvalue weighted by Gasteiger charge is -2.22. The van der Waals surface area contributed by atoms with Crippen LogP contribution in [0.3, 0.4) is 0 Å². The summed E-state index contributed by atoms with van der Waals surface area (Å²) in [5.41, 5.74) is 0. The molecule has 0 radical (unpaired) electrons. The van der Waals surface area contributed by atoms with Crippen LogP contribution in [0.4, 0.5) is 8.78 Å². The van der Waals surface area contributed by atoms with E-state index in [1.165, 1.54) is 0 Å². The van der Waals surface area contributed by atoms with Gasteiger partial charge in [0, 0.05) is 13.0 Å². The molecule has 1 aromatic rings.